The largest absolute Gasteiger partial charge is 0.497 e. The van der Waals surface area contributed by atoms with Gasteiger partial charge in [-0.2, -0.15) is 0 Å². The lowest BCUT2D eigenvalue weighted by molar-refractivity contribution is -0.137. The molecule has 0 spiro atoms. The number of anilines is 1. The van der Waals surface area contributed by atoms with Gasteiger partial charge in [0.15, 0.2) is 0 Å². The Morgan fingerprint density at radius 2 is 1.96 bits per heavy atom. The van der Waals surface area contributed by atoms with Gasteiger partial charge in [-0.1, -0.05) is 6.07 Å². The number of methoxy groups -OCH3 is 2. The molecular formula is C20H21NO6S. The molecule has 0 fully saturated rings. The van der Waals surface area contributed by atoms with Crippen LogP contribution in [0.2, 0.25) is 0 Å². The number of rotatable bonds is 7. The van der Waals surface area contributed by atoms with Crippen molar-refractivity contribution in [3.8, 4) is 16.9 Å². The number of carboxylic acids is 1. The summed E-state index contributed by atoms with van der Waals surface area (Å²) in [4.78, 5) is 36.4. The first-order chi connectivity index (χ1) is 13.4. The summed E-state index contributed by atoms with van der Waals surface area (Å²) in [6, 6.07) is 5.72. The van der Waals surface area contributed by atoms with E-state index in [1.54, 1.807) is 7.11 Å². The molecule has 0 bridgehead atoms. The molecule has 2 aromatic rings. The molecule has 7 nitrogen and oxygen atoms in total. The first kappa shape index (κ1) is 19.9. The lowest BCUT2D eigenvalue weighted by Gasteiger charge is -2.18. The van der Waals surface area contributed by atoms with Crippen molar-refractivity contribution in [1.82, 2.24) is 0 Å². The van der Waals surface area contributed by atoms with Gasteiger partial charge in [-0.15, -0.1) is 11.3 Å². The zero-order chi connectivity index (χ0) is 20.3. The molecule has 0 aliphatic heterocycles. The predicted molar refractivity (Wildman–Crippen MR) is 105 cm³/mol. The van der Waals surface area contributed by atoms with Crippen LogP contribution in [0.1, 0.15) is 40.1 Å². The van der Waals surface area contributed by atoms with Crippen LogP contribution in [0.25, 0.3) is 11.1 Å². The molecule has 0 saturated heterocycles. The summed E-state index contributed by atoms with van der Waals surface area (Å²) < 4.78 is 10.3. The quantitative estimate of drug-likeness (QED) is 0.686. The van der Waals surface area contributed by atoms with Crippen molar-refractivity contribution in [2.24, 2.45) is 0 Å². The summed E-state index contributed by atoms with van der Waals surface area (Å²) in [6.07, 6.45) is 1.80. The van der Waals surface area contributed by atoms with Crippen LogP contribution in [0, 0.1) is 0 Å². The standard InChI is InChI=1S/C20H21NO6S/c1-26-12-7-8-13-11(10-12)6-9-14-17(13)18(20(25)27-2)19(28-14)21-15(22)4-3-5-16(23)24/h7-8,10H,3-6,9H2,1-2H3,(H,21,22)(H,23,24). The maximum atomic E-state index is 12.5. The van der Waals surface area contributed by atoms with E-state index in [4.69, 9.17) is 14.6 Å². The van der Waals surface area contributed by atoms with E-state index < -0.39 is 11.9 Å². The minimum atomic E-state index is -0.943. The summed E-state index contributed by atoms with van der Waals surface area (Å²) in [5.74, 6) is -1.02. The zero-order valence-electron chi connectivity index (χ0n) is 15.7. The van der Waals surface area contributed by atoms with Crippen molar-refractivity contribution in [2.45, 2.75) is 32.1 Å². The third-order valence-electron chi connectivity index (χ3n) is 4.62. The molecule has 1 aliphatic rings. The summed E-state index contributed by atoms with van der Waals surface area (Å²) in [5.41, 5.74) is 3.15. The molecule has 0 radical (unpaired) electrons. The Kier molecular flexibility index (Phi) is 5.99. The highest BCUT2D eigenvalue weighted by Gasteiger charge is 2.30. The second-order valence-electron chi connectivity index (χ2n) is 6.41. The molecule has 3 rings (SSSR count). The van der Waals surface area contributed by atoms with E-state index in [9.17, 15) is 14.4 Å². The number of fused-ring (bicyclic) bond motifs is 3. The normalized spacial score (nSPS) is 11.9. The van der Waals surface area contributed by atoms with Crippen molar-refractivity contribution in [3.05, 3.63) is 34.2 Å². The van der Waals surface area contributed by atoms with Crippen molar-refractivity contribution >= 4 is 34.2 Å². The Bertz CT molecular complexity index is 933. The lowest BCUT2D eigenvalue weighted by Crippen LogP contribution is -2.14. The first-order valence-corrected chi connectivity index (χ1v) is 9.69. The van der Waals surface area contributed by atoms with Gasteiger partial charge in [0.25, 0.3) is 0 Å². The zero-order valence-corrected chi connectivity index (χ0v) is 16.5. The number of ether oxygens (including phenoxy) is 2. The Morgan fingerprint density at radius 3 is 2.64 bits per heavy atom. The van der Waals surface area contributed by atoms with E-state index in [1.165, 1.54) is 18.4 Å². The van der Waals surface area contributed by atoms with Gasteiger partial charge in [-0.3, -0.25) is 9.59 Å². The molecule has 1 heterocycles. The van der Waals surface area contributed by atoms with E-state index in [0.29, 0.717) is 10.6 Å². The van der Waals surface area contributed by atoms with Crippen LogP contribution < -0.4 is 10.1 Å². The Labute approximate surface area is 166 Å². The van der Waals surface area contributed by atoms with Crippen molar-refractivity contribution in [1.29, 1.82) is 0 Å². The molecule has 8 heteroatoms. The van der Waals surface area contributed by atoms with Crippen LogP contribution in [0.4, 0.5) is 5.00 Å². The summed E-state index contributed by atoms with van der Waals surface area (Å²) >= 11 is 1.37. The third kappa shape index (κ3) is 4.01. The molecule has 1 aromatic heterocycles. The van der Waals surface area contributed by atoms with E-state index in [2.05, 4.69) is 5.32 Å². The lowest BCUT2D eigenvalue weighted by atomic mass is 9.88. The average Bonchev–Trinajstić information content (AvgIpc) is 3.04. The van der Waals surface area contributed by atoms with Gasteiger partial charge in [-0.25, -0.2) is 4.79 Å². The third-order valence-corrected chi connectivity index (χ3v) is 5.79. The fourth-order valence-corrected chi connectivity index (χ4v) is 4.53. The number of hydrogen-bond acceptors (Lipinski definition) is 6. The fraction of sp³-hybridized carbons (Fsp3) is 0.350. The average molecular weight is 403 g/mol. The summed E-state index contributed by atoms with van der Waals surface area (Å²) in [6.45, 7) is 0. The molecule has 1 aromatic carbocycles. The van der Waals surface area contributed by atoms with Gasteiger partial charge in [-0.05, 0) is 42.5 Å². The number of carboxylic acid groups (broad SMARTS) is 1. The smallest absolute Gasteiger partial charge is 0.341 e. The number of nitrogens with one attached hydrogen (secondary N) is 1. The molecule has 2 N–H and O–H groups in total. The fourth-order valence-electron chi connectivity index (χ4n) is 3.31. The van der Waals surface area contributed by atoms with Crippen molar-refractivity contribution < 1.29 is 29.0 Å². The highest BCUT2D eigenvalue weighted by Crippen LogP contribution is 2.46. The van der Waals surface area contributed by atoms with E-state index in [-0.39, 0.29) is 25.2 Å². The van der Waals surface area contributed by atoms with E-state index in [0.717, 1.165) is 40.2 Å². The van der Waals surface area contributed by atoms with Gasteiger partial charge in [0.1, 0.15) is 16.3 Å². The van der Waals surface area contributed by atoms with Crippen LogP contribution in [-0.4, -0.2) is 37.2 Å². The number of amides is 1. The second kappa shape index (κ2) is 8.43. The molecule has 0 saturated carbocycles. The highest BCUT2D eigenvalue weighted by atomic mass is 32.1. The predicted octanol–water partition coefficient (Wildman–Crippen LogP) is 3.50. The number of hydrogen-bond donors (Lipinski definition) is 2. The maximum Gasteiger partial charge on any atom is 0.341 e. The number of thiophene rings is 1. The van der Waals surface area contributed by atoms with Crippen LogP contribution >= 0.6 is 11.3 Å². The van der Waals surface area contributed by atoms with Crippen molar-refractivity contribution in [3.63, 3.8) is 0 Å². The number of carbonyl (C=O) groups is 3. The minimum Gasteiger partial charge on any atom is -0.497 e. The maximum absolute atomic E-state index is 12.5. The molecule has 0 atom stereocenters. The van der Waals surface area contributed by atoms with Gasteiger partial charge in [0.2, 0.25) is 5.91 Å². The van der Waals surface area contributed by atoms with E-state index in [1.807, 2.05) is 18.2 Å². The van der Waals surface area contributed by atoms with Gasteiger partial charge in [0.05, 0.1) is 14.2 Å². The van der Waals surface area contributed by atoms with Crippen LogP contribution in [0.3, 0.4) is 0 Å². The van der Waals surface area contributed by atoms with E-state index >= 15 is 0 Å². The van der Waals surface area contributed by atoms with Gasteiger partial charge < -0.3 is 19.9 Å². The van der Waals surface area contributed by atoms with Crippen LogP contribution in [0.5, 0.6) is 5.75 Å². The SMILES string of the molecule is COC(=O)c1c(NC(=O)CCCC(=O)O)sc2c1-c1ccc(OC)cc1CC2. The summed E-state index contributed by atoms with van der Waals surface area (Å²) in [7, 11) is 2.92. The van der Waals surface area contributed by atoms with Crippen molar-refractivity contribution in [2.75, 3.05) is 19.5 Å². The van der Waals surface area contributed by atoms with Crippen LogP contribution in [-0.2, 0) is 27.2 Å². The molecule has 28 heavy (non-hydrogen) atoms. The topological polar surface area (TPSA) is 102 Å². The molecule has 1 aliphatic carbocycles. The first-order valence-electron chi connectivity index (χ1n) is 8.87. The number of aryl methyl sites for hydroxylation is 2. The summed E-state index contributed by atoms with van der Waals surface area (Å²) in [5, 5.41) is 11.9. The molecular weight excluding hydrogens is 382 g/mol. The molecule has 148 valence electrons. The van der Waals surface area contributed by atoms with Gasteiger partial charge >= 0.3 is 11.9 Å². The Balaban J connectivity index is 1.95. The second-order valence-corrected chi connectivity index (χ2v) is 7.52. The highest BCUT2D eigenvalue weighted by molar-refractivity contribution is 7.17. The minimum absolute atomic E-state index is 0.0727. The van der Waals surface area contributed by atoms with Crippen LogP contribution in [0.15, 0.2) is 18.2 Å². The van der Waals surface area contributed by atoms with Gasteiger partial charge in [0, 0.05) is 23.3 Å². The Hall–Kier alpha value is -2.87. The number of aliphatic carboxylic acids is 1. The molecule has 0 unspecified atom stereocenters. The number of esters is 1. The Morgan fingerprint density at radius 1 is 1.18 bits per heavy atom. The monoisotopic (exact) mass is 403 g/mol. The number of carbonyl (C=O) groups excluding carboxylic acids is 2. The molecule has 1 amide bonds. The number of benzene rings is 1.